The lowest BCUT2D eigenvalue weighted by molar-refractivity contribution is -0.121. The van der Waals surface area contributed by atoms with E-state index < -0.39 is 16.1 Å². The van der Waals surface area contributed by atoms with Gasteiger partial charge in [-0.3, -0.25) is 4.79 Å². The second-order valence-corrected chi connectivity index (χ2v) is 8.41. The van der Waals surface area contributed by atoms with Gasteiger partial charge in [-0.25, -0.2) is 13.1 Å². The lowest BCUT2D eigenvalue weighted by Crippen LogP contribution is -2.33. The van der Waals surface area contributed by atoms with Crippen molar-refractivity contribution in [2.45, 2.75) is 44.6 Å². The molecule has 0 saturated heterocycles. The topological polar surface area (TPSA) is 84.5 Å². The number of ether oxygens (including phenoxy) is 1. The maximum absolute atomic E-state index is 12.3. The molecule has 0 unspecified atom stereocenters. The fourth-order valence-electron chi connectivity index (χ4n) is 3.07. The largest absolute Gasteiger partial charge is 0.497 e. The van der Waals surface area contributed by atoms with E-state index in [1.807, 2.05) is 0 Å². The normalized spacial score (nSPS) is 15.8. The number of hydrogen-bond acceptors (Lipinski definition) is 4. The molecule has 1 aliphatic carbocycles. The monoisotopic (exact) mass is 380 g/mol. The maximum atomic E-state index is 12.3. The second kappa shape index (κ2) is 9.73. The third-order valence-corrected chi connectivity index (χ3v) is 5.13. The Morgan fingerprint density at radius 1 is 1.23 bits per heavy atom. The third kappa shape index (κ3) is 7.17. The SMILES string of the molecule is COc1ccc([C@@H](CC(=O)NCCC2=CCCCC2)NS(C)(=O)=O)cc1. The van der Waals surface area contributed by atoms with Crippen LogP contribution in [-0.4, -0.2) is 34.2 Å². The van der Waals surface area contributed by atoms with Crippen molar-refractivity contribution >= 4 is 15.9 Å². The summed E-state index contributed by atoms with van der Waals surface area (Å²) in [4.78, 5) is 12.3. The van der Waals surface area contributed by atoms with Crippen LogP contribution in [0.15, 0.2) is 35.9 Å². The summed E-state index contributed by atoms with van der Waals surface area (Å²) in [5, 5.41) is 2.90. The van der Waals surface area contributed by atoms with E-state index in [4.69, 9.17) is 4.74 Å². The molecule has 0 aromatic heterocycles. The van der Waals surface area contributed by atoms with E-state index in [0.717, 1.165) is 31.1 Å². The Bertz CT molecular complexity index is 726. The molecule has 0 radical (unpaired) electrons. The van der Waals surface area contributed by atoms with Crippen LogP contribution >= 0.6 is 0 Å². The average molecular weight is 381 g/mol. The predicted molar refractivity (Wildman–Crippen MR) is 103 cm³/mol. The standard InChI is InChI=1S/C19H28N2O4S/c1-25-17-10-8-16(9-11-17)18(21-26(2,23)24)14-19(22)20-13-12-15-6-4-3-5-7-15/h6,8-11,18,21H,3-5,7,12-14H2,1-2H3,(H,20,22)/t18-/m1/s1. The van der Waals surface area contributed by atoms with Gasteiger partial charge in [-0.05, 0) is 49.8 Å². The maximum Gasteiger partial charge on any atom is 0.221 e. The molecular formula is C19H28N2O4S. The molecule has 0 spiro atoms. The minimum atomic E-state index is -3.44. The smallest absolute Gasteiger partial charge is 0.221 e. The molecule has 1 aromatic rings. The molecule has 1 amide bonds. The molecular weight excluding hydrogens is 352 g/mol. The average Bonchev–Trinajstić information content (AvgIpc) is 2.61. The molecule has 0 fully saturated rings. The van der Waals surface area contributed by atoms with Crippen molar-refractivity contribution in [2.75, 3.05) is 19.9 Å². The first-order chi connectivity index (χ1) is 12.4. The lowest BCUT2D eigenvalue weighted by Gasteiger charge is -2.18. The quantitative estimate of drug-likeness (QED) is 0.645. The van der Waals surface area contributed by atoms with Crippen LogP contribution in [0.3, 0.4) is 0 Å². The van der Waals surface area contributed by atoms with E-state index >= 15 is 0 Å². The van der Waals surface area contributed by atoms with Gasteiger partial charge in [-0.1, -0.05) is 23.8 Å². The second-order valence-electron chi connectivity index (χ2n) is 6.63. The Morgan fingerprint density at radius 2 is 1.96 bits per heavy atom. The number of amides is 1. The Kier molecular flexibility index (Phi) is 7.66. The highest BCUT2D eigenvalue weighted by Crippen LogP contribution is 2.22. The van der Waals surface area contributed by atoms with Crippen molar-refractivity contribution in [2.24, 2.45) is 0 Å². The Balaban J connectivity index is 1.94. The van der Waals surface area contributed by atoms with E-state index in [0.29, 0.717) is 12.3 Å². The summed E-state index contributed by atoms with van der Waals surface area (Å²) in [6.45, 7) is 0.582. The van der Waals surface area contributed by atoms with Crippen LogP contribution in [0, 0.1) is 0 Å². The first-order valence-corrected chi connectivity index (χ1v) is 10.8. The van der Waals surface area contributed by atoms with Crippen LogP contribution in [0.25, 0.3) is 0 Å². The van der Waals surface area contributed by atoms with Crippen molar-refractivity contribution in [3.8, 4) is 5.75 Å². The van der Waals surface area contributed by atoms with Gasteiger partial charge in [0.2, 0.25) is 15.9 Å². The zero-order chi connectivity index (χ0) is 19.0. The van der Waals surface area contributed by atoms with Crippen LogP contribution < -0.4 is 14.8 Å². The van der Waals surface area contributed by atoms with Crippen molar-refractivity contribution in [3.63, 3.8) is 0 Å². The summed E-state index contributed by atoms with van der Waals surface area (Å²) in [5.41, 5.74) is 2.12. The minimum absolute atomic E-state index is 0.0540. The number of carbonyl (C=O) groups is 1. The van der Waals surface area contributed by atoms with Crippen molar-refractivity contribution in [1.29, 1.82) is 0 Å². The van der Waals surface area contributed by atoms with Crippen LogP contribution in [0.4, 0.5) is 0 Å². The molecule has 144 valence electrons. The van der Waals surface area contributed by atoms with Gasteiger partial charge in [0.05, 0.1) is 19.4 Å². The zero-order valence-electron chi connectivity index (χ0n) is 15.5. The number of nitrogens with one attached hydrogen (secondary N) is 2. The summed E-state index contributed by atoms with van der Waals surface area (Å²) in [6, 6.07) is 6.42. The van der Waals surface area contributed by atoms with Gasteiger partial charge >= 0.3 is 0 Å². The van der Waals surface area contributed by atoms with Gasteiger partial charge in [0, 0.05) is 13.0 Å². The Hall–Kier alpha value is -1.86. The van der Waals surface area contributed by atoms with E-state index in [1.165, 1.54) is 18.4 Å². The van der Waals surface area contributed by atoms with Crippen LogP contribution in [0.2, 0.25) is 0 Å². The van der Waals surface area contributed by atoms with E-state index in [9.17, 15) is 13.2 Å². The predicted octanol–water partition coefficient (Wildman–Crippen LogP) is 2.68. The Morgan fingerprint density at radius 3 is 2.54 bits per heavy atom. The highest BCUT2D eigenvalue weighted by molar-refractivity contribution is 7.88. The first-order valence-electron chi connectivity index (χ1n) is 8.93. The van der Waals surface area contributed by atoms with Crippen molar-refractivity contribution in [3.05, 3.63) is 41.5 Å². The number of rotatable bonds is 9. The fourth-order valence-corrected chi connectivity index (χ4v) is 3.81. The molecule has 2 rings (SSSR count). The minimum Gasteiger partial charge on any atom is -0.497 e. The molecule has 6 nitrogen and oxygen atoms in total. The van der Waals surface area contributed by atoms with Gasteiger partial charge in [0.25, 0.3) is 0 Å². The molecule has 0 aliphatic heterocycles. The number of sulfonamides is 1. The Labute approximate surface area is 156 Å². The number of benzene rings is 1. The number of methoxy groups -OCH3 is 1. The number of carbonyl (C=O) groups excluding carboxylic acids is 1. The van der Waals surface area contributed by atoms with Gasteiger partial charge in [-0.15, -0.1) is 0 Å². The van der Waals surface area contributed by atoms with Gasteiger partial charge < -0.3 is 10.1 Å². The fraction of sp³-hybridized carbons (Fsp3) is 0.526. The van der Waals surface area contributed by atoms with Crippen molar-refractivity contribution < 1.29 is 17.9 Å². The molecule has 1 aliphatic rings. The van der Waals surface area contributed by atoms with Crippen LogP contribution in [-0.2, 0) is 14.8 Å². The molecule has 0 bridgehead atoms. The summed E-state index contributed by atoms with van der Waals surface area (Å²) >= 11 is 0. The lowest BCUT2D eigenvalue weighted by atomic mass is 9.97. The first kappa shape index (κ1) is 20.5. The molecule has 7 heteroatoms. The molecule has 26 heavy (non-hydrogen) atoms. The third-order valence-electron chi connectivity index (χ3n) is 4.42. The van der Waals surface area contributed by atoms with Gasteiger partial charge in [-0.2, -0.15) is 0 Å². The molecule has 1 aromatic carbocycles. The van der Waals surface area contributed by atoms with E-state index in [2.05, 4.69) is 16.1 Å². The van der Waals surface area contributed by atoms with Crippen LogP contribution in [0.1, 0.15) is 50.1 Å². The number of allylic oxidation sites excluding steroid dienone is 1. The number of hydrogen-bond donors (Lipinski definition) is 2. The zero-order valence-corrected chi connectivity index (χ0v) is 16.3. The molecule has 1 atom stereocenters. The van der Waals surface area contributed by atoms with E-state index in [1.54, 1.807) is 31.4 Å². The van der Waals surface area contributed by atoms with Crippen molar-refractivity contribution in [1.82, 2.24) is 10.0 Å². The summed E-state index contributed by atoms with van der Waals surface area (Å²) in [5.74, 6) is 0.510. The summed E-state index contributed by atoms with van der Waals surface area (Å²) < 4.78 is 31.0. The van der Waals surface area contributed by atoms with Crippen LogP contribution in [0.5, 0.6) is 5.75 Å². The molecule has 2 N–H and O–H groups in total. The molecule has 0 heterocycles. The highest BCUT2D eigenvalue weighted by atomic mass is 32.2. The summed E-state index contributed by atoms with van der Waals surface area (Å²) in [6.07, 6.45) is 8.98. The van der Waals surface area contributed by atoms with Gasteiger partial charge in [0.15, 0.2) is 0 Å². The van der Waals surface area contributed by atoms with E-state index in [-0.39, 0.29) is 12.3 Å². The summed E-state index contributed by atoms with van der Waals surface area (Å²) in [7, 11) is -1.87. The highest BCUT2D eigenvalue weighted by Gasteiger charge is 2.20. The molecule has 0 saturated carbocycles. The van der Waals surface area contributed by atoms with Gasteiger partial charge in [0.1, 0.15) is 5.75 Å².